The van der Waals surface area contributed by atoms with E-state index in [1.807, 2.05) is 0 Å². The van der Waals surface area contributed by atoms with E-state index in [0.717, 1.165) is 38.5 Å². The fourth-order valence-corrected chi connectivity index (χ4v) is 9.49. The average Bonchev–Trinajstić information content (AvgIpc) is 3.39. The van der Waals surface area contributed by atoms with Crippen molar-refractivity contribution in [2.24, 2.45) is 0 Å². The van der Waals surface area contributed by atoms with Gasteiger partial charge in [0.1, 0.15) is 62.0 Å². The summed E-state index contributed by atoms with van der Waals surface area (Å²) in [7, 11) is 0. The molecule has 18 heteroatoms. The Kier molecular flexibility index (Phi) is 39.7. The van der Waals surface area contributed by atoms with Crippen molar-refractivity contribution in [2.45, 2.75) is 306 Å². The third kappa shape index (κ3) is 30.4. The number of hydrogen-bond acceptors (Lipinski definition) is 17. The molecular formula is C56H103NO17. The Bertz CT molecular complexity index is 1420. The molecule has 0 saturated carbocycles. The molecule has 1 amide bonds. The van der Waals surface area contributed by atoms with Crippen LogP contribution < -0.4 is 5.32 Å². The highest BCUT2D eigenvalue weighted by molar-refractivity contribution is 5.77. The minimum atomic E-state index is -1.83. The number of rotatable bonds is 46. The second-order valence-electron chi connectivity index (χ2n) is 20.9. The van der Waals surface area contributed by atoms with Gasteiger partial charge < -0.3 is 69.5 Å². The van der Waals surface area contributed by atoms with Gasteiger partial charge in [-0.25, -0.2) is 0 Å². The van der Waals surface area contributed by atoms with Crippen LogP contribution >= 0.6 is 0 Å². The molecule has 0 aliphatic carbocycles. The molecule has 1 unspecified atom stereocenters. The Morgan fingerprint density at radius 1 is 0.432 bits per heavy atom. The summed E-state index contributed by atoms with van der Waals surface area (Å²) in [5, 5.41) is 74.1. The first kappa shape index (κ1) is 67.6. The summed E-state index contributed by atoms with van der Waals surface area (Å²) in [5.74, 6) is -2.25. The fourth-order valence-electron chi connectivity index (χ4n) is 9.49. The van der Waals surface area contributed by atoms with Gasteiger partial charge in [0, 0.05) is 25.7 Å². The molecule has 2 heterocycles. The van der Waals surface area contributed by atoms with Crippen molar-refractivity contribution in [3.8, 4) is 0 Å². The molecule has 2 aliphatic heterocycles. The van der Waals surface area contributed by atoms with Crippen molar-refractivity contribution >= 4 is 23.8 Å². The summed E-state index contributed by atoms with van der Waals surface area (Å²) in [4.78, 5) is 51.3. The van der Waals surface area contributed by atoms with E-state index in [1.165, 1.54) is 141 Å². The minimum Gasteiger partial charge on any atom is -0.462 e. The summed E-state index contributed by atoms with van der Waals surface area (Å²) in [5.41, 5.74) is 0. The number of ether oxygens (including phenoxy) is 6. The van der Waals surface area contributed by atoms with Crippen LogP contribution in [0.3, 0.4) is 0 Å². The molecule has 74 heavy (non-hydrogen) atoms. The minimum absolute atomic E-state index is 0.000196. The zero-order valence-corrected chi connectivity index (χ0v) is 45.6. The van der Waals surface area contributed by atoms with Crippen LogP contribution in [0.2, 0.25) is 0 Å². The van der Waals surface area contributed by atoms with E-state index in [0.29, 0.717) is 12.8 Å². The Morgan fingerprint density at radius 3 is 1.24 bits per heavy atom. The van der Waals surface area contributed by atoms with Crippen molar-refractivity contribution in [2.75, 3.05) is 26.4 Å². The van der Waals surface area contributed by atoms with E-state index in [1.54, 1.807) is 0 Å². The predicted molar refractivity (Wildman–Crippen MR) is 279 cm³/mol. The summed E-state index contributed by atoms with van der Waals surface area (Å²) in [6.07, 6.45) is 18.8. The summed E-state index contributed by atoms with van der Waals surface area (Å²) < 4.78 is 33.0. The molecule has 18 nitrogen and oxygen atoms in total. The molecule has 2 fully saturated rings. The quantitative estimate of drug-likeness (QED) is 0.0167. The van der Waals surface area contributed by atoms with Gasteiger partial charge >= 0.3 is 17.9 Å². The first-order valence-corrected chi connectivity index (χ1v) is 29.2. The van der Waals surface area contributed by atoms with Crippen LogP contribution in [-0.4, -0.2) is 153 Å². The topological polar surface area (TPSA) is 277 Å². The number of aliphatic hydroxyl groups is 7. The maximum absolute atomic E-state index is 12.9. The smallest absolute Gasteiger partial charge is 0.306 e. The van der Waals surface area contributed by atoms with E-state index in [-0.39, 0.29) is 45.3 Å². The maximum Gasteiger partial charge on any atom is 0.306 e. The van der Waals surface area contributed by atoms with Crippen LogP contribution in [0.15, 0.2) is 0 Å². The average molecular weight is 1060 g/mol. The lowest BCUT2D eigenvalue weighted by Crippen LogP contribution is -2.66. The van der Waals surface area contributed by atoms with Gasteiger partial charge in [0.25, 0.3) is 0 Å². The number of nitrogens with one attached hydrogen (secondary N) is 1. The zero-order valence-electron chi connectivity index (χ0n) is 45.6. The Hall–Kier alpha value is -2.52. The standard InChI is InChI=1S/C56H103NO17/c1-3-5-7-9-11-13-15-17-19-21-23-25-27-29-31-35-46(61)69-40-42(71-48(63)36-32-30-28-26-24-22-20-18-16-14-12-10-8-6-4-2)41-70-47(62)37-33-34-45(60)57-55-52(67)51(66)54(44(39-59)72-55)74-56-53(68)50(65)49(64)43(38-58)73-56/h42-44,49-56,58-59,64-68H,3-41H2,1-2H3,(H,57,60)/t42?,43-,44-,49+,50+,51-,52-,53-,54-,55-,56+/m1/s1. The molecule has 0 spiro atoms. The predicted octanol–water partition coefficient (Wildman–Crippen LogP) is 7.42. The number of unbranched alkanes of at least 4 members (excludes halogenated alkanes) is 28. The van der Waals surface area contributed by atoms with Gasteiger partial charge in [-0.2, -0.15) is 0 Å². The summed E-state index contributed by atoms with van der Waals surface area (Å²) >= 11 is 0. The monoisotopic (exact) mass is 1060 g/mol. The molecule has 0 aromatic carbocycles. The van der Waals surface area contributed by atoms with Crippen molar-refractivity contribution < 1.29 is 83.3 Å². The van der Waals surface area contributed by atoms with Crippen LogP contribution in [0.25, 0.3) is 0 Å². The van der Waals surface area contributed by atoms with E-state index in [2.05, 4.69) is 19.2 Å². The second-order valence-corrected chi connectivity index (χ2v) is 20.9. The number of esters is 3. The molecule has 2 aliphatic rings. The van der Waals surface area contributed by atoms with Crippen LogP contribution in [0.5, 0.6) is 0 Å². The summed E-state index contributed by atoms with van der Waals surface area (Å²) in [6.45, 7) is 2.35. The maximum atomic E-state index is 12.9. The zero-order chi connectivity index (χ0) is 54.2. The van der Waals surface area contributed by atoms with Gasteiger partial charge in [0.15, 0.2) is 18.6 Å². The molecule has 2 rings (SSSR count). The van der Waals surface area contributed by atoms with E-state index < -0.39 is 104 Å². The third-order valence-corrected chi connectivity index (χ3v) is 14.2. The third-order valence-electron chi connectivity index (χ3n) is 14.2. The Balaban J connectivity index is 1.76. The molecule has 0 bridgehead atoms. The number of carbonyl (C=O) groups excluding carboxylic acids is 4. The van der Waals surface area contributed by atoms with Crippen molar-refractivity contribution in [3.63, 3.8) is 0 Å². The van der Waals surface area contributed by atoms with Crippen LogP contribution in [0.1, 0.15) is 239 Å². The van der Waals surface area contributed by atoms with Crippen LogP contribution in [0.4, 0.5) is 0 Å². The Labute approximate surface area is 443 Å². The first-order chi connectivity index (χ1) is 35.9. The van der Waals surface area contributed by atoms with Crippen molar-refractivity contribution in [1.82, 2.24) is 5.32 Å². The lowest BCUT2D eigenvalue weighted by Gasteiger charge is -2.46. The molecule has 0 radical (unpaired) electrons. The van der Waals surface area contributed by atoms with Crippen molar-refractivity contribution in [1.29, 1.82) is 0 Å². The van der Waals surface area contributed by atoms with Crippen molar-refractivity contribution in [3.05, 3.63) is 0 Å². The largest absolute Gasteiger partial charge is 0.462 e. The van der Waals surface area contributed by atoms with E-state index >= 15 is 0 Å². The second kappa shape index (κ2) is 43.5. The highest BCUT2D eigenvalue weighted by atomic mass is 16.7. The lowest BCUT2D eigenvalue weighted by molar-refractivity contribution is -0.343. The van der Waals surface area contributed by atoms with Gasteiger partial charge in [0.2, 0.25) is 5.91 Å². The fraction of sp³-hybridized carbons (Fsp3) is 0.929. The molecule has 434 valence electrons. The van der Waals surface area contributed by atoms with Crippen LogP contribution in [-0.2, 0) is 47.6 Å². The molecule has 2 saturated heterocycles. The SMILES string of the molecule is CCCCCCCCCCCCCCCCCC(=O)OCC(COC(=O)CCCC(=O)N[C@@H]1O[C@H](CO)[C@@H](O[C@@H]2O[C@H](CO)[C@H](O)[C@H](O)[C@H]2O)[C@H](O)[C@H]1O)OC(=O)CCCCCCCCCCCCCCCCC. The van der Waals surface area contributed by atoms with Gasteiger partial charge in [-0.3, -0.25) is 19.2 Å². The molecule has 8 N–H and O–H groups in total. The lowest BCUT2D eigenvalue weighted by atomic mass is 9.96. The summed E-state index contributed by atoms with van der Waals surface area (Å²) in [6, 6.07) is 0. The van der Waals surface area contributed by atoms with E-state index in [4.69, 9.17) is 28.4 Å². The number of hydrogen-bond donors (Lipinski definition) is 8. The van der Waals surface area contributed by atoms with Crippen LogP contribution in [0, 0.1) is 0 Å². The number of carbonyl (C=O) groups is 4. The molecule has 11 atom stereocenters. The highest BCUT2D eigenvalue weighted by Crippen LogP contribution is 2.29. The van der Waals surface area contributed by atoms with Gasteiger partial charge in [-0.15, -0.1) is 0 Å². The van der Waals surface area contributed by atoms with Gasteiger partial charge in [-0.05, 0) is 19.3 Å². The molecule has 0 aromatic heterocycles. The normalized spacial score (nSPS) is 24.3. The van der Waals surface area contributed by atoms with Gasteiger partial charge in [0.05, 0.1) is 13.2 Å². The number of amides is 1. The molecule has 0 aromatic rings. The highest BCUT2D eigenvalue weighted by Gasteiger charge is 2.50. The number of aliphatic hydroxyl groups excluding tert-OH is 7. The van der Waals surface area contributed by atoms with Gasteiger partial charge in [-0.1, -0.05) is 194 Å². The Morgan fingerprint density at radius 2 is 0.824 bits per heavy atom. The molecular weight excluding hydrogens is 959 g/mol. The van der Waals surface area contributed by atoms with E-state index in [9.17, 15) is 54.9 Å². The first-order valence-electron chi connectivity index (χ1n) is 29.2.